The number of piperidine rings is 1. The maximum atomic E-state index is 11.6. The van der Waals surface area contributed by atoms with Gasteiger partial charge in [-0.3, -0.25) is 4.79 Å². The van der Waals surface area contributed by atoms with E-state index in [-0.39, 0.29) is 5.92 Å². The van der Waals surface area contributed by atoms with Crippen LogP contribution in [-0.4, -0.2) is 38.4 Å². The molecule has 144 valence electrons. The van der Waals surface area contributed by atoms with Crippen molar-refractivity contribution < 1.29 is 24.1 Å². The third-order valence-corrected chi connectivity index (χ3v) is 4.90. The summed E-state index contributed by atoms with van der Waals surface area (Å²) in [5, 5.41) is 12.7. The fraction of sp³-hybridized carbons (Fsp3) is 0.381. The molecule has 6 nitrogen and oxygen atoms in total. The molecule has 0 spiro atoms. The summed E-state index contributed by atoms with van der Waals surface area (Å²) in [6.07, 6.45) is 0.799. The standard InChI is InChI=1S/C21H25NO5/c1-25-17-8-14(9-18(11-17)26-2)13-27-16-5-3-4-15(10-16)19-6-7-22-12-20(19)21(23)24/h3-5,8-11,19-20,22H,6-7,12-13H2,1-2H3,(H,23,24)/t19-,20+/m1/s1. The van der Waals surface area contributed by atoms with Crippen molar-refractivity contribution in [3.63, 3.8) is 0 Å². The lowest BCUT2D eigenvalue weighted by atomic mass is 9.81. The molecule has 1 aliphatic heterocycles. The number of aliphatic carboxylic acids is 1. The summed E-state index contributed by atoms with van der Waals surface area (Å²) >= 11 is 0. The molecule has 0 saturated carbocycles. The van der Waals surface area contributed by atoms with E-state index in [2.05, 4.69) is 5.32 Å². The predicted octanol–water partition coefficient (Wildman–Crippen LogP) is 3.06. The molecule has 0 aromatic heterocycles. The molecular formula is C21H25NO5. The highest BCUT2D eigenvalue weighted by Crippen LogP contribution is 2.32. The van der Waals surface area contributed by atoms with Gasteiger partial charge >= 0.3 is 5.97 Å². The number of carboxylic acids is 1. The molecule has 6 heteroatoms. The lowest BCUT2D eigenvalue weighted by Gasteiger charge is -2.29. The number of hydrogen-bond acceptors (Lipinski definition) is 5. The van der Waals surface area contributed by atoms with Crippen molar-refractivity contribution in [3.05, 3.63) is 53.6 Å². The SMILES string of the molecule is COc1cc(COc2cccc([C@H]3CCNC[C@@H]3C(=O)O)c2)cc(OC)c1. The van der Waals surface area contributed by atoms with Crippen LogP contribution in [0.4, 0.5) is 0 Å². The molecule has 27 heavy (non-hydrogen) atoms. The van der Waals surface area contributed by atoms with Crippen LogP contribution in [0.25, 0.3) is 0 Å². The predicted molar refractivity (Wildman–Crippen MR) is 102 cm³/mol. The maximum Gasteiger partial charge on any atom is 0.308 e. The second-order valence-corrected chi connectivity index (χ2v) is 6.63. The molecule has 0 amide bonds. The van der Waals surface area contributed by atoms with Crippen LogP contribution >= 0.6 is 0 Å². The molecule has 0 aliphatic carbocycles. The molecule has 0 unspecified atom stereocenters. The molecule has 1 fully saturated rings. The van der Waals surface area contributed by atoms with E-state index in [0.717, 1.165) is 29.8 Å². The highest BCUT2D eigenvalue weighted by Gasteiger charge is 2.31. The van der Waals surface area contributed by atoms with Gasteiger partial charge in [-0.15, -0.1) is 0 Å². The number of rotatable bonds is 7. The topological polar surface area (TPSA) is 77.0 Å². The van der Waals surface area contributed by atoms with Gasteiger partial charge in [0.1, 0.15) is 23.9 Å². The van der Waals surface area contributed by atoms with Crippen LogP contribution in [0.3, 0.4) is 0 Å². The zero-order valence-electron chi connectivity index (χ0n) is 15.6. The Balaban J connectivity index is 1.73. The summed E-state index contributed by atoms with van der Waals surface area (Å²) in [5.41, 5.74) is 1.94. The molecule has 2 atom stereocenters. The summed E-state index contributed by atoms with van der Waals surface area (Å²) in [6.45, 7) is 1.68. The number of benzene rings is 2. The quantitative estimate of drug-likeness (QED) is 0.779. The van der Waals surface area contributed by atoms with Gasteiger partial charge in [0.05, 0.1) is 20.1 Å². The first-order valence-corrected chi connectivity index (χ1v) is 8.99. The molecule has 1 aliphatic rings. The fourth-order valence-corrected chi connectivity index (χ4v) is 3.47. The van der Waals surface area contributed by atoms with Gasteiger partial charge in [-0.25, -0.2) is 0 Å². The van der Waals surface area contributed by atoms with Crippen LogP contribution in [0.5, 0.6) is 17.2 Å². The Morgan fingerprint density at radius 2 is 1.85 bits per heavy atom. The van der Waals surface area contributed by atoms with Gasteiger partial charge < -0.3 is 24.6 Å². The number of carboxylic acid groups (broad SMARTS) is 1. The first kappa shape index (κ1) is 19.0. The number of hydrogen-bond donors (Lipinski definition) is 2. The summed E-state index contributed by atoms with van der Waals surface area (Å²) in [7, 11) is 3.22. The second-order valence-electron chi connectivity index (χ2n) is 6.63. The normalized spacial score (nSPS) is 19.3. The molecule has 1 heterocycles. The second kappa shape index (κ2) is 8.77. The highest BCUT2D eigenvalue weighted by atomic mass is 16.5. The molecule has 2 aromatic rings. The molecule has 0 bridgehead atoms. The Kier molecular flexibility index (Phi) is 6.19. The maximum absolute atomic E-state index is 11.6. The largest absolute Gasteiger partial charge is 0.497 e. The van der Waals surface area contributed by atoms with E-state index in [4.69, 9.17) is 14.2 Å². The van der Waals surface area contributed by atoms with E-state index < -0.39 is 11.9 Å². The molecule has 0 radical (unpaired) electrons. The Hall–Kier alpha value is -2.73. The van der Waals surface area contributed by atoms with Gasteiger partial charge in [0, 0.05) is 12.6 Å². The lowest BCUT2D eigenvalue weighted by Crippen LogP contribution is -2.39. The molecule has 1 saturated heterocycles. The monoisotopic (exact) mass is 371 g/mol. The van der Waals surface area contributed by atoms with E-state index in [1.54, 1.807) is 14.2 Å². The Labute approximate surface area is 159 Å². The Morgan fingerprint density at radius 1 is 1.11 bits per heavy atom. The third kappa shape index (κ3) is 4.71. The summed E-state index contributed by atoms with van der Waals surface area (Å²) < 4.78 is 16.5. The Morgan fingerprint density at radius 3 is 2.52 bits per heavy atom. The summed E-state index contributed by atoms with van der Waals surface area (Å²) in [4.78, 5) is 11.6. The summed E-state index contributed by atoms with van der Waals surface area (Å²) in [6, 6.07) is 13.3. The van der Waals surface area contributed by atoms with Crippen LogP contribution in [0, 0.1) is 5.92 Å². The van der Waals surface area contributed by atoms with Gasteiger partial charge in [0.25, 0.3) is 0 Å². The number of carbonyl (C=O) groups is 1. The van der Waals surface area contributed by atoms with Crippen molar-refractivity contribution in [1.82, 2.24) is 5.32 Å². The van der Waals surface area contributed by atoms with Crippen molar-refractivity contribution in [2.45, 2.75) is 18.9 Å². The van der Waals surface area contributed by atoms with Gasteiger partial charge in [0.2, 0.25) is 0 Å². The summed E-state index contributed by atoms with van der Waals surface area (Å²) in [5.74, 6) is 0.946. The van der Waals surface area contributed by atoms with Gasteiger partial charge in [-0.05, 0) is 54.3 Å². The molecule has 2 aromatic carbocycles. The average molecular weight is 371 g/mol. The highest BCUT2D eigenvalue weighted by molar-refractivity contribution is 5.72. The average Bonchev–Trinajstić information content (AvgIpc) is 2.72. The zero-order chi connectivity index (χ0) is 19.2. The number of ether oxygens (including phenoxy) is 3. The molecule has 2 N–H and O–H groups in total. The van der Waals surface area contributed by atoms with Crippen LogP contribution in [-0.2, 0) is 11.4 Å². The first-order valence-electron chi connectivity index (χ1n) is 8.99. The van der Waals surface area contributed by atoms with Crippen LogP contribution < -0.4 is 19.5 Å². The smallest absolute Gasteiger partial charge is 0.308 e. The molecule has 3 rings (SSSR count). The fourth-order valence-electron chi connectivity index (χ4n) is 3.47. The van der Waals surface area contributed by atoms with Crippen LogP contribution in [0.1, 0.15) is 23.5 Å². The zero-order valence-corrected chi connectivity index (χ0v) is 15.6. The van der Waals surface area contributed by atoms with Gasteiger partial charge in [-0.2, -0.15) is 0 Å². The van der Waals surface area contributed by atoms with E-state index in [0.29, 0.717) is 24.7 Å². The first-order chi connectivity index (χ1) is 13.1. The van der Waals surface area contributed by atoms with Crippen molar-refractivity contribution in [1.29, 1.82) is 0 Å². The lowest BCUT2D eigenvalue weighted by molar-refractivity contribution is -0.142. The van der Waals surface area contributed by atoms with Crippen molar-refractivity contribution in [2.24, 2.45) is 5.92 Å². The van der Waals surface area contributed by atoms with Gasteiger partial charge in [-0.1, -0.05) is 12.1 Å². The minimum atomic E-state index is -0.762. The van der Waals surface area contributed by atoms with E-state index in [1.807, 2.05) is 42.5 Å². The minimum Gasteiger partial charge on any atom is -0.497 e. The molecular weight excluding hydrogens is 346 g/mol. The number of nitrogens with one attached hydrogen (secondary N) is 1. The van der Waals surface area contributed by atoms with Crippen molar-refractivity contribution >= 4 is 5.97 Å². The minimum absolute atomic E-state index is 0.00999. The van der Waals surface area contributed by atoms with Gasteiger partial charge in [0.15, 0.2) is 0 Å². The van der Waals surface area contributed by atoms with Crippen LogP contribution in [0.15, 0.2) is 42.5 Å². The van der Waals surface area contributed by atoms with E-state index in [9.17, 15) is 9.90 Å². The van der Waals surface area contributed by atoms with E-state index in [1.165, 1.54) is 0 Å². The third-order valence-electron chi connectivity index (χ3n) is 4.90. The van der Waals surface area contributed by atoms with Crippen molar-refractivity contribution in [2.75, 3.05) is 27.3 Å². The van der Waals surface area contributed by atoms with E-state index >= 15 is 0 Å². The Bertz CT molecular complexity index is 770. The number of methoxy groups -OCH3 is 2. The van der Waals surface area contributed by atoms with Crippen molar-refractivity contribution in [3.8, 4) is 17.2 Å². The van der Waals surface area contributed by atoms with Crippen LogP contribution in [0.2, 0.25) is 0 Å².